The van der Waals surface area contributed by atoms with Crippen LogP contribution in [0.5, 0.6) is 5.75 Å². The second-order valence-corrected chi connectivity index (χ2v) is 9.74. The van der Waals surface area contributed by atoms with Crippen LogP contribution in [0.3, 0.4) is 0 Å². The van der Waals surface area contributed by atoms with Gasteiger partial charge in [-0.3, -0.25) is 9.59 Å². The average molecular weight is 520 g/mol. The van der Waals surface area contributed by atoms with Crippen molar-refractivity contribution in [2.45, 2.75) is 46.1 Å². The predicted octanol–water partition coefficient (Wildman–Crippen LogP) is 4.78. The Hall–Kier alpha value is -3.98. The van der Waals surface area contributed by atoms with Crippen LogP contribution >= 0.6 is 11.3 Å². The summed E-state index contributed by atoms with van der Waals surface area (Å²) >= 11 is 1.32. The van der Waals surface area contributed by atoms with E-state index in [9.17, 15) is 14.4 Å². The van der Waals surface area contributed by atoms with Gasteiger partial charge < -0.3 is 14.8 Å². The highest BCUT2D eigenvalue weighted by Gasteiger charge is 2.28. The zero-order valence-electron chi connectivity index (χ0n) is 20.8. The molecule has 1 heterocycles. The van der Waals surface area contributed by atoms with E-state index in [1.54, 1.807) is 31.2 Å². The number of esters is 1. The third kappa shape index (κ3) is 6.83. The maximum absolute atomic E-state index is 12.5. The number of hydrogen-bond acceptors (Lipinski definition) is 7. The minimum atomic E-state index is -0.935. The van der Waals surface area contributed by atoms with Crippen molar-refractivity contribution in [3.05, 3.63) is 81.2 Å². The molecule has 2 amide bonds. The van der Waals surface area contributed by atoms with E-state index in [1.807, 2.05) is 25.1 Å². The highest BCUT2D eigenvalue weighted by molar-refractivity contribution is 7.17. The van der Waals surface area contributed by atoms with Crippen molar-refractivity contribution in [3.63, 3.8) is 0 Å². The lowest BCUT2D eigenvalue weighted by molar-refractivity contribution is -0.136. The molecule has 0 radical (unpaired) electrons. The number of carbonyl (C=O) groups excluding carboxylic acids is 3. The van der Waals surface area contributed by atoms with Crippen LogP contribution in [-0.4, -0.2) is 30.6 Å². The zero-order chi connectivity index (χ0) is 26.2. The van der Waals surface area contributed by atoms with E-state index in [1.165, 1.54) is 23.1 Å². The molecule has 0 unspecified atom stereocenters. The summed E-state index contributed by atoms with van der Waals surface area (Å²) in [6.45, 7) is 4.46. The first-order valence-corrected chi connectivity index (χ1v) is 13.0. The number of rotatable bonds is 8. The van der Waals surface area contributed by atoms with Gasteiger partial charge in [-0.25, -0.2) is 10.2 Å². The molecule has 0 spiro atoms. The predicted molar refractivity (Wildman–Crippen MR) is 143 cm³/mol. The molecule has 0 aliphatic heterocycles. The number of nitrogens with zero attached hydrogens (tertiary/aromatic N) is 1. The number of nitrogens with one attached hydrogen (secondary N) is 2. The molecule has 0 saturated heterocycles. The van der Waals surface area contributed by atoms with E-state index in [2.05, 4.69) is 21.9 Å². The molecular weight excluding hydrogens is 490 g/mol. The minimum absolute atomic E-state index is 0.228. The highest BCUT2D eigenvalue weighted by Crippen LogP contribution is 2.38. The lowest BCUT2D eigenvalue weighted by atomic mass is 9.95. The van der Waals surface area contributed by atoms with E-state index in [4.69, 9.17) is 9.47 Å². The fourth-order valence-electron chi connectivity index (χ4n) is 4.07. The van der Waals surface area contributed by atoms with Crippen LogP contribution in [0.25, 0.3) is 0 Å². The topological polar surface area (TPSA) is 106 Å². The number of hydrazone groups is 1. The Morgan fingerprint density at radius 1 is 1.05 bits per heavy atom. The number of amides is 2. The Kier molecular flexibility index (Phi) is 8.68. The van der Waals surface area contributed by atoms with E-state index < -0.39 is 17.8 Å². The molecule has 37 heavy (non-hydrogen) atoms. The molecule has 8 nitrogen and oxygen atoms in total. The van der Waals surface area contributed by atoms with E-state index in [-0.39, 0.29) is 6.61 Å². The van der Waals surface area contributed by atoms with Gasteiger partial charge in [-0.2, -0.15) is 5.10 Å². The second kappa shape index (κ2) is 12.3. The van der Waals surface area contributed by atoms with Crippen molar-refractivity contribution in [1.82, 2.24) is 5.43 Å². The van der Waals surface area contributed by atoms with E-state index in [0.29, 0.717) is 22.9 Å². The number of fused-ring (bicyclic) bond motifs is 1. The minimum Gasteiger partial charge on any atom is -0.489 e. The second-order valence-electron chi connectivity index (χ2n) is 8.64. The van der Waals surface area contributed by atoms with Crippen LogP contribution in [-0.2, 0) is 33.8 Å². The third-order valence-corrected chi connectivity index (χ3v) is 7.04. The Balaban J connectivity index is 1.32. The fourth-order valence-corrected chi connectivity index (χ4v) is 5.34. The van der Waals surface area contributed by atoms with Gasteiger partial charge in [0.05, 0.1) is 18.4 Å². The number of benzene rings is 2. The number of carbonyl (C=O) groups is 3. The molecule has 2 N–H and O–H groups in total. The van der Waals surface area contributed by atoms with Crippen LogP contribution in [0.4, 0.5) is 5.00 Å². The van der Waals surface area contributed by atoms with Crippen LogP contribution in [0.15, 0.2) is 53.6 Å². The third-order valence-electron chi connectivity index (χ3n) is 5.83. The first-order chi connectivity index (χ1) is 17.9. The van der Waals surface area contributed by atoms with Gasteiger partial charge in [0.2, 0.25) is 0 Å². The summed E-state index contributed by atoms with van der Waals surface area (Å²) in [7, 11) is 0. The maximum atomic E-state index is 12.5. The van der Waals surface area contributed by atoms with Gasteiger partial charge in [-0.05, 0) is 80.5 Å². The van der Waals surface area contributed by atoms with Gasteiger partial charge in [0, 0.05) is 4.88 Å². The first kappa shape index (κ1) is 26.1. The monoisotopic (exact) mass is 519 g/mol. The lowest BCUT2D eigenvalue weighted by Crippen LogP contribution is -2.32. The molecule has 0 saturated carbocycles. The van der Waals surface area contributed by atoms with Crippen molar-refractivity contribution < 1.29 is 23.9 Å². The summed E-state index contributed by atoms with van der Waals surface area (Å²) in [5, 5.41) is 6.79. The van der Waals surface area contributed by atoms with Crippen LogP contribution < -0.4 is 15.5 Å². The molecule has 0 fully saturated rings. The SMILES string of the molecule is CCOC(=O)c1c(NC(=O)C(=O)NN=Cc2ccc(OCc3cccc(C)c3)cc2)sc2c1CCCC2. The molecule has 2 aromatic carbocycles. The molecule has 192 valence electrons. The number of hydrogen-bond donors (Lipinski definition) is 2. The average Bonchev–Trinajstić information content (AvgIpc) is 3.26. The summed E-state index contributed by atoms with van der Waals surface area (Å²) < 4.78 is 11.0. The van der Waals surface area contributed by atoms with Gasteiger partial charge in [-0.1, -0.05) is 29.8 Å². The highest BCUT2D eigenvalue weighted by atomic mass is 32.1. The van der Waals surface area contributed by atoms with Crippen molar-refractivity contribution in [1.29, 1.82) is 0 Å². The van der Waals surface area contributed by atoms with Crippen LogP contribution in [0, 0.1) is 6.92 Å². The summed E-state index contributed by atoms with van der Waals surface area (Å²) in [5.74, 6) is -1.61. The quantitative estimate of drug-likeness (QED) is 0.193. The van der Waals surface area contributed by atoms with Crippen molar-refractivity contribution in [2.75, 3.05) is 11.9 Å². The summed E-state index contributed by atoms with van der Waals surface area (Å²) in [6, 6.07) is 15.3. The summed E-state index contributed by atoms with van der Waals surface area (Å²) in [4.78, 5) is 38.4. The number of anilines is 1. The molecule has 1 aliphatic rings. The molecule has 1 aromatic heterocycles. The van der Waals surface area contributed by atoms with Crippen LogP contribution in [0.2, 0.25) is 0 Å². The maximum Gasteiger partial charge on any atom is 0.341 e. The summed E-state index contributed by atoms with van der Waals surface area (Å²) in [5.41, 5.74) is 6.48. The first-order valence-electron chi connectivity index (χ1n) is 12.2. The lowest BCUT2D eigenvalue weighted by Gasteiger charge is -2.12. The molecule has 3 aromatic rings. The van der Waals surface area contributed by atoms with Gasteiger partial charge in [0.25, 0.3) is 0 Å². The number of ether oxygens (including phenoxy) is 2. The van der Waals surface area contributed by atoms with Crippen molar-refractivity contribution in [2.24, 2.45) is 5.10 Å². The van der Waals surface area contributed by atoms with Gasteiger partial charge >= 0.3 is 17.8 Å². The van der Waals surface area contributed by atoms with E-state index >= 15 is 0 Å². The number of thiophene rings is 1. The summed E-state index contributed by atoms with van der Waals surface area (Å²) in [6.07, 6.45) is 5.02. The van der Waals surface area contributed by atoms with E-state index in [0.717, 1.165) is 47.3 Å². The van der Waals surface area contributed by atoms with Crippen molar-refractivity contribution in [3.8, 4) is 5.75 Å². The largest absolute Gasteiger partial charge is 0.489 e. The fraction of sp³-hybridized carbons (Fsp3) is 0.286. The van der Waals surface area contributed by atoms with Crippen molar-refractivity contribution >= 4 is 40.3 Å². The Morgan fingerprint density at radius 2 is 1.84 bits per heavy atom. The van der Waals surface area contributed by atoms with Crippen LogP contribution in [0.1, 0.15) is 57.3 Å². The normalized spacial score (nSPS) is 12.6. The molecule has 0 atom stereocenters. The molecule has 1 aliphatic carbocycles. The Bertz CT molecular complexity index is 1310. The van der Waals surface area contributed by atoms with Gasteiger partial charge in [-0.15, -0.1) is 11.3 Å². The van der Waals surface area contributed by atoms with Gasteiger partial charge in [0.15, 0.2) is 0 Å². The molecule has 0 bridgehead atoms. The molecule has 4 rings (SSSR count). The van der Waals surface area contributed by atoms with Gasteiger partial charge in [0.1, 0.15) is 17.4 Å². The molecular formula is C28H29N3O5S. The zero-order valence-corrected chi connectivity index (χ0v) is 21.7. The number of aryl methyl sites for hydroxylation is 2. The smallest absolute Gasteiger partial charge is 0.341 e. The Morgan fingerprint density at radius 3 is 2.59 bits per heavy atom. The molecule has 9 heteroatoms. The standard InChI is InChI=1S/C28H29N3O5S/c1-3-35-28(34)24-22-9-4-5-10-23(22)37-27(24)30-25(32)26(33)31-29-16-19-11-13-21(14-12-19)36-17-20-8-6-7-18(2)15-20/h6-8,11-16H,3-5,9-10,17H2,1-2H3,(H,30,32)(H,31,33). The Labute approximate surface area is 219 Å².